The van der Waals surface area contributed by atoms with E-state index in [1.54, 1.807) is 0 Å². The fraction of sp³-hybridized carbons (Fsp3) is 1.00. The van der Waals surface area contributed by atoms with E-state index < -0.39 is 0 Å². The minimum Gasteiger partial charge on any atom is -0.312 e. The molecular weight excluding hydrogens is 196 g/mol. The topological polar surface area (TPSA) is 15.3 Å². The third-order valence-corrected chi connectivity index (χ3v) is 3.43. The van der Waals surface area contributed by atoms with Gasteiger partial charge in [-0.15, -0.1) is 0 Å². The second kappa shape index (κ2) is 7.29. The van der Waals surface area contributed by atoms with Crippen LogP contribution in [-0.2, 0) is 0 Å². The zero-order valence-corrected chi connectivity index (χ0v) is 12.4. The van der Waals surface area contributed by atoms with Crippen molar-refractivity contribution in [3.8, 4) is 0 Å². The number of hydrogen-bond acceptors (Lipinski definition) is 2. The van der Waals surface area contributed by atoms with Gasteiger partial charge in [0.15, 0.2) is 0 Å². The Kier molecular flexibility index (Phi) is 7.25. The molecule has 2 atom stereocenters. The highest BCUT2D eigenvalue weighted by Crippen LogP contribution is 2.20. The van der Waals surface area contributed by atoms with E-state index in [1.165, 1.54) is 12.8 Å². The largest absolute Gasteiger partial charge is 0.312 e. The molecule has 98 valence electrons. The molecule has 0 saturated carbocycles. The van der Waals surface area contributed by atoms with Crippen LogP contribution in [0.4, 0.5) is 0 Å². The van der Waals surface area contributed by atoms with Crippen LogP contribution in [0.1, 0.15) is 54.4 Å². The minimum absolute atomic E-state index is 0.330. The summed E-state index contributed by atoms with van der Waals surface area (Å²) in [5.41, 5.74) is 0.330. The predicted octanol–water partition coefficient (Wildman–Crippen LogP) is 3.13. The summed E-state index contributed by atoms with van der Waals surface area (Å²) in [6, 6.07) is 1.26. The van der Waals surface area contributed by atoms with Crippen molar-refractivity contribution in [1.82, 2.24) is 10.2 Å². The van der Waals surface area contributed by atoms with Crippen LogP contribution >= 0.6 is 0 Å². The third kappa shape index (κ3) is 5.86. The summed E-state index contributed by atoms with van der Waals surface area (Å²) in [7, 11) is 2.25. The van der Waals surface area contributed by atoms with Crippen molar-refractivity contribution >= 4 is 0 Å². The maximum Gasteiger partial charge on any atom is 0.0243 e. The Balaban J connectivity index is 4.28. The lowest BCUT2D eigenvalue weighted by molar-refractivity contribution is 0.162. The van der Waals surface area contributed by atoms with E-state index in [4.69, 9.17) is 0 Å². The van der Waals surface area contributed by atoms with Crippen molar-refractivity contribution in [3.63, 3.8) is 0 Å². The normalized spacial score (nSPS) is 16.5. The van der Waals surface area contributed by atoms with Crippen LogP contribution in [-0.4, -0.2) is 37.1 Å². The first kappa shape index (κ1) is 15.9. The summed E-state index contributed by atoms with van der Waals surface area (Å²) < 4.78 is 0. The van der Waals surface area contributed by atoms with Crippen LogP contribution in [0.2, 0.25) is 0 Å². The molecule has 2 heteroatoms. The van der Waals surface area contributed by atoms with Crippen molar-refractivity contribution in [2.45, 2.75) is 66.5 Å². The fourth-order valence-electron chi connectivity index (χ4n) is 2.00. The van der Waals surface area contributed by atoms with Crippen LogP contribution in [0.15, 0.2) is 0 Å². The quantitative estimate of drug-likeness (QED) is 0.720. The van der Waals surface area contributed by atoms with Gasteiger partial charge in [-0.3, -0.25) is 0 Å². The van der Waals surface area contributed by atoms with Gasteiger partial charge in [0.05, 0.1) is 0 Å². The number of rotatable bonds is 7. The van der Waals surface area contributed by atoms with Crippen LogP contribution < -0.4 is 5.32 Å². The Morgan fingerprint density at radius 2 is 1.75 bits per heavy atom. The SMILES string of the molecule is CCCC(C)N(C)CC(NCC)C(C)(C)C. The molecule has 2 unspecified atom stereocenters. The molecule has 0 aromatic rings. The minimum atomic E-state index is 0.330. The van der Waals surface area contributed by atoms with Gasteiger partial charge in [0.25, 0.3) is 0 Å². The summed E-state index contributed by atoms with van der Waals surface area (Å²) in [6.07, 6.45) is 2.56. The highest BCUT2D eigenvalue weighted by Gasteiger charge is 2.25. The average Bonchev–Trinajstić information content (AvgIpc) is 2.15. The van der Waals surface area contributed by atoms with E-state index >= 15 is 0 Å². The smallest absolute Gasteiger partial charge is 0.0243 e. The number of likely N-dealkylation sites (N-methyl/N-ethyl adjacent to an activating group) is 2. The van der Waals surface area contributed by atoms with E-state index in [-0.39, 0.29) is 0 Å². The molecule has 0 rings (SSSR count). The molecule has 0 radical (unpaired) electrons. The molecule has 0 spiro atoms. The summed E-state index contributed by atoms with van der Waals surface area (Å²) in [4.78, 5) is 2.49. The lowest BCUT2D eigenvalue weighted by Crippen LogP contribution is -2.49. The van der Waals surface area contributed by atoms with Crippen LogP contribution in [0.5, 0.6) is 0 Å². The summed E-state index contributed by atoms with van der Waals surface area (Å²) in [5, 5.41) is 3.61. The first-order valence-electron chi connectivity index (χ1n) is 6.76. The average molecular weight is 228 g/mol. The Morgan fingerprint density at radius 3 is 2.12 bits per heavy atom. The molecule has 1 N–H and O–H groups in total. The van der Waals surface area contributed by atoms with Crippen molar-refractivity contribution in [2.75, 3.05) is 20.1 Å². The van der Waals surface area contributed by atoms with Gasteiger partial charge in [-0.05, 0) is 32.4 Å². The second-order valence-corrected chi connectivity index (χ2v) is 6.05. The van der Waals surface area contributed by atoms with Crippen molar-refractivity contribution in [1.29, 1.82) is 0 Å². The summed E-state index contributed by atoms with van der Waals surface area (Å²) in [6.45, 7) is 15.9. The molecule has 0 aliphatic heterocycles. The number of nitrogens with one attached hydrogen (secondary N) is 1. The monoisotopic (exact) mass is 228 g/mol. The third-order valence-electron chi connectivity index (χ3n) is 3.43. The van der Waals surface area contributed by atoms with Crippen molar-refractivity contribution in [3.05, 3.63) is 0 Å². The lowest BCUT2D eigenvalue weighted by atomic mass is 9.86. The molecule has 0 heterocycles. The molecule has 0 aromatic heterocycles. The molecule has 0 bridgehead atoms. The Bertz CT molecular complexity index is 172. The van der Waals surface area contributed by atoms with Crippen LogP contribution in [0, 0.1) is 5.41 Å². The standard InChI is InChI=1S/C14H32N2/c1-8-10-12(3)16(7)11-13(15-9-2)14(4,5)6/h12-13,15H,8-11H2,1-7H3. The fourth-order valence-corrected chi connectivity index (χ4v) is 2.00. The zero-order chi connectivity index (χ0) is 12.8. The molecule has 0 amide bonds. The van der Waals surface area contributed by atoms with Gasteiger partial charge in [0.1, 0.15) is 0 Å². The molecule has 2 nitrogen and oxygen atoms in total. The highest BCUT2D eigenvalue weighted by atomic mass is 15.2. The lowest BCUT2D eigenvalue weighted by Gasteiger charge is -2.36. The molecule has 0 fully saturated rings. The number of hydrogen-bond donors (Lipinski definition) is 1. The predicted molar refractivity (Wildman–Crippen MR) is 73.9 cm³/mol. The molecular formula is C14H32N2. The maximum atomic E-state index is 3.61. The molecule has 0 aromatic carbocycles. The van der Waals surface area contributed by atoms with E-state index in [0.717, 1.165) is 13.1 Å². The Labute approximate surface area is 103 Å². The van der Waals surface area contributed by atoms with Gasteiger partial charge >= 0.3 is 0 Å². The van der Waals surface area contributed by atoms with Crippen molar-refractivity contribution in [2.24, 2.45) is 5.41 Å². The van der Waals surface area contributed by atoms with Crippen LogP contribution in [0.3, 0.4) is 0 Å². The molecule has 0 saturated heterocycles. The summed E-state index contributed by atoms with van der Waals surface area (Å²) in [5.74, 6) is 0. The Hall–Kier alpha value is -0.0800. The van der Waals surface area contributed by atoms with Crippen molar-refractivity contribution < 1.29 is 0 Å². The molecule has 0 aliphatic rings. The first-order chi connectivity index (χ1) is 7.32. The first-order valence-corrected chi connectivity index (χ1v) is 6.76. The van der Waals surface area contributed by atoms with Crippen LogP contribution in [0.25, 0.3) is 0 Å². The molecule has 16 heavy (non-hydrogen) atoms. The van der Waals surface area contributed by atoms with E-state index in [1.807, 2.05) is 0 Å². The van der Waals surface area contributed by atoms with Gasteiger partial charge in [0, 0.05) is 18.6 Å². The second-order valence-electron chi connectivity index (χ2n) is 6.05. The van der Waals surface area contributed by atoms with E-state index in [2.05, 4.69) is 58.8 Å². The highest BCUT2D eigenvalue weighted by molar-refractivity contribution is 4.83. The van der Waals surface area contributed by atoms with Gasteiger partial charge in [-0.25, -0.2) is 0 Å². The van der Waals surface area contributed by atoms with E-state index in [9.17, 15) is 0 Å². The van der Waals surface area contributed by atoms with Gasteiger partial charge in [0.2, 0.25) is 0 Å². The summed E-state index contributed by atoms with van der Waals surface area (Å²) >= 11 is 0. The van der Waals surface area contributed by atoms with Gasteiger partial charge < -0.3 is 10.2 Å². The molecule has 0 aliphatic carbocycles. The number of nitrogens with zero attached hydrogens (tertiary/aromatic N) is 1. The Morgan fingerprint density at radius 1 is 1.19 bits per heavy atom. The van der Waals surface area contributed by atoms with E-state index in [0.29, 0.717) is 17.5 Å². The zero-order valence-electron chi connectivity index (χ0n) is 12.4. The van der Waals surface area contributed by atoms with Gasteiger partial charge in [-0.2, -0.15) is 0 Å². The maximum absolute atomic E-state index is 3.61. The van der Waals surface area contributed by atoms with Gasteiger partial charge in [-0.1, -0.05) is 41.0 Å².